The van der Waals surface area contributed by atoms with Crippen molar-refractivity contribution in [2.75, 3.05) is 17.7 Å². The molecule has 0 aliphatic heterocycles. The lowest BCUT2D eigenvalue weighted by molar-refractivity contribution is -0.384. The number of nitrogens with zero attached hydrogens (tertiary/aromatic N) is 2. The highest BCUT2D eigenvalue weighted by Crippen LogP contribution is 2.25. The van der Waals surface area contributed by atoms with Crippen molar-refractivity contribution in [1.82, 2.24) is 4.98 Å². The molecule has 0 aliphatic carbocycles. The topological polar surface area (TPSA) is 80.1 Å². The zero-order valence-corrected chi connectivity index (χ0v) is 11.5. The molecule has 2 N–H and O–H groups in total. The Balaban J connectivity index is 2.24. The molecule has 6 nitrogen and oxygen atoms in total. The predicted molar refractivity (Wildman–Crippen MR) is 79.2 cm³/mol. The molecule has 0 saturated heterocycles. The van der Waals surface area contributed by atoms with Crippen LogP contribution in [0.15, 0.2) is 36.4 Å². The third-order valence-electron chi connectivity index (χ3n) is 2.73. The molecular weight excluding hydrogens is 280 g/mol. The van der Waals surface area contributed by atoms with Gasteiger partial charge in [0.05, 0.1) is 4.92 Å². The first-order chi connectivity index (χ1) is 9.61. The molecule has 20 heavy (non-hydrogen) atoms. The molecule has 0 saturated carbocycles. The maximum Gasteiger partial charge on any atom is 0.311 e. The maximum absolute atomic E-state index is 11.0. The molecule has 2 rings (SSSR count). The van der Waals surface area contributed by atoms with E-state index in [1.807, 2.05) is 18.2 Å². The molecule has 1 aromatic carbocycles. The van der Waals surface area contributed by atoms with Crippen molar-refractivity contribution < 1.29 is 4.92 Å². The van der Waals surface area contributed by atoms with E-state index in [0.717, 1.165) is 5.56 Å². The Labute approximate surface area is 120 Å². The van der Waals surface area contributed by atoms with Crippen molar-refractivity contribution in [3.8, 4) is 0 Å². The molecule has 0 amide bonds. The van der Waals surface area contributed by atoms with E-state index in [1.54, 1.807) is 19.2 Å². The first-order valence-electron chi connectivity index (χ1n) is 5.92. The van der Waals surface area contributed by atoms with Crippen LogP contribution in [-0.4, -0.2) is 17.0 Å². The number of nitrogens with one attached hydrogen (secondary N) is 2. The number of aromatic nitrogens is 1. The van der Waals surface area contributed by atoms with Gasteiger partial charge in [0, 0.05) is 24.7 Å². The quantitative estimate of drug-likeness (QED) is 0.653. The fraction of sp³-hybridized carbons (Fsp3) is 0.154. The van der Waals surface area contributed by atoms with E-state index in [9.17, 15) is 10.1 Å². The van der Waals surface area contributed by atoms with Crippen LogP contribution in [0, 0.1) is 10.1 Å². The molecule has 1 heterocycles. The molecule has 0 fully saturated rings. The SMILES string of the molecule is CNc1ccc([N+](=O)[O-])c(NCc2ccccc2Cl)n1. The van der Waals surface area contributed by atoms with Crippen LogP contribution >= 0.6 is 11.6 Å². The third kappa shape index (κ3) is 3.16. The van der Waals surface area contributed by atoms with Gasteiger partial charge in [-0.2, -0.15) is 0 Å². The predicted octanol–water partition coefficient (Wildman–Crippen LogP) is 3.30. The van der Waals surface area contributed by atoms with Crippen molar-refractivity contribution in [3.05, 3.63) is 57.1 Å². The average Bonchev–Trinajstić information content (AvgIpc) is 2.46. The second-order valence-corrected chi connectivity index (χ2v) is 4.42. The number of anilines is 2. The second kappa shape index (κ2) is 6.21. The average molecular weight is 293 g/mol. The fourth-order valence-corrected chi connectivity index (χ4v) is 1.89. The maximum atomic E-state index is 11.0. The van der Waals surface area contributed by atoms with Crippen LogP contribution in [-0.2, 0) is 6.54 Å². The molecule has 2 aromatic rings. The number of pyridine rings is 1. The summed E-state index contributed by atoms with van der Waals surface area (Å²) in [6.45, 7) is 0.362. The number of halogens is 1. The minimum absolute atomic E-state index is 0.0731. The summed E-state index contributed by atoms with van der Waals surface area (Å²) in [5.74, 6) is 0.763. The Morgan fingerprint density at radius 3 is 2.70 bits per heavy atom. The van der Waals surface area contributed by atoms with E-state index in [-0.39, 0.29) is 11.5 Å². The van der Waals surface area contributed by atoms with E-state index in [4.69, 9.17) is 11.6 Å². The largest absolute Gasteiger partial charge is 0.373 e. The van der Waals surface area contributed by atoms with Gasteiger partial charge in [0.25, 0.3) is 0 Å². The summed E-state index contributed by atoms with van der Waals surface area (Å²) >= 11 is 6.04. The van der Waals surface area contributed by atoms with E-state index in [0.29, 0.717) is 17.4 Å². The van der Waals surface area contributed by atoms with E-state index < -0.39 is 4.92 Å². The third-order valence-corrected chi connectivity index (χ3v) is 3.10. The molecule has 0 bridgehead atoms. The minimum Gasteiger partial charge on any atom is -0.373 e. The highest BCUT2D eigenvalue weighted by atomic mass is 35.5. The lowest BCUT2D eigenvalue weighted by Gasteiger charge is -2.09. The normalized spacial score (nSPS) is 10.1. The van der Waals surface area contributed by atoms with Crippen LogP contribution in [0.3, 0.4) is 0 Å². The summed E-state index contributed by atoms with van der Waals surface area (Å²) in [4.78, 5) is 14.7. The number of hydrogen-bond acceptors (Lipinski definition) is 5. The Bertz CT molecular complexity index is 634. The molecule has 1 aromatic heterocycles. The summed E-state index contributed by atoms with van der Waals surface area (Å²) < 4.78 is 0. The summed E-state index contributed by atoms with van der Waals surface area (Å²) in [6.07, 6.45) is 0. The first-order valence-corrected chi connectivity index (χ1v) is 6.30. The van der Waals surface area contributed by atoms with E-state index in [1.165, 1.54) is 6.07 Å². The smallest absolute Gasteiger partial charge is 0.311 e. The highest BCUT2D eigenvalue weighted by molar-refractivity contribution is 6.31. The second-order valence-electron chi connectivity index (χ2n) is 4.02. The summed E-state index contributed by atoms with van der Waals surface area (Å²) in [5, 5.41) is 17.4. The monoisotopic (exact) mass is 292 g/mol. The molecule has 0 spiro atoms. The van der Waals surface area contributed by atoms with Gasteiger partial charge in [0.15, 0.2) is 0 Å². The van der Waals surface area contributed by atoms with Gasteiger partial charge in [-0.3, -0.25) is 10.1 Å². The van der Waals surface area contributed by atoms with Crippen molar-refractivity contribution in [2.45, 2.75) is 6.54 Å². The lowest BCUT2D eigenvalue weighted by atomic mass is 10.2. The van der Waals surface area contributed by atoms with Crippen LogP contribution in [0.5, 0.6) is 0 Å². The summed E-state index contributed by atoms with van der Waals surface area (Å²) in [6, 6.07) is 10.3. The molecule has 0 unspecified atom stereocenters. The Kier molecular flexibility index (Phi) is 4.37. The zero-order valence-electron chi connectivity index (χ0n) is 10.8. The van der Waals surface area contributed by atoms with Crippen LogP contribution in [0.4, 0.5) is 17.3 Å². The molecular formula is C13H13ClN4O2. The van der Waals surface area contributed by atoms with Gasteiger partial charge < -0.3 is 10.6 Å². The number of rotatable bonds is 5. The van der Waals surface area contributed by atoms with Crippen molar-refractivity contribution in [3.63, 3.8) is 0 Å². The van der Waals surface area contributed by atoms with Gasteiger partial charge in [-0.05, 0) is 17.7 Å². The van der Waals surface area contributed by atoms with Crippen molar-refractivity contribution in [2.24, 2.45) is 0 Å². The van der Waals surface area contributed by atoms with Crippen molar-refractivity contribution in [1.29, 1.82) is 0 Å². The molecule has 0 radical (unpaired) electrons. The number of benzene rings is 1. The Morgan fingerprint density at radius 1 is 1.30 bits per heavy atom. The lowest BCUT2D eigenvalue weighted by Crippen LogP contribution is -2.06. The van der Waals surface area contributed by atoms with E-state index in [2.05, 4.69) is 15.6 Å². The van der Waals surface area contributed by atoms with Gasteiger partial charge in [-0.25, -0.2) is 4.98 Å². The molecule has 104 valence electrons. The first kappa shape index (κ1) is 14.1. The molecule has 0 aliphatic rings. The summed E-state index contributed by atoms with van der Waals surface area (Å²) in [7, 11) is 1.70. The van der Waals surface area contributed by atoms with Crippen LogP contribution in [0.2, 0.25) is 5.02 Å². The standard InChI is InChI=1S/C13H13ClN4O2/c1-15-12-7-6-11(18(19)20)13(17-12)16-8-9-4-2-3-5-10(9)14/h2-7H,8H2,1H3,(H2,15,16,17). The van der Waals surface area contributed by atoms with E-state index >= 15 is 0 Å². The fourth-order valence-electron chi connectivity index (χ4n) is 1.69. The Morgan fingerprint density at radius 2 is 2.05 bits per heavy atom. The highest BCUT2D eigenvalue weighted by Gasteiger charge is 2.15. The number of nitro groups is 1. The van der Waals surface area contributed by atoms with Gasteiger partial charge in [-0.1, -0.05) is 29.8 Å². The number of hydrogen-bond donors (Lipinski definition) is 2. The minimum atomic E-state index is -0.471. The summed E-state index contributed by atoms with van der Waals surface area (Å²) in [5.41, 5.74) is 0.774. The van der Waals surface area contributed by atoms with Gasteiger partial charge in [-0.15, -0.1) is 0 Å². The van der Waals surface area contributed by atoms with Gasteiger partial charge >= 0.3 is 5.69 Å². The zero-order chi connectivity index (χ0) is 14.5. The van der Waals surface area contributed by atoms with Crippen LogP contribution < -0.4 is 10.6 Å². The van der Waals surface area contributed by atoms with Gasteiger partial charge in [0.1, 0.15) is 5.82 Å². The molecule has 0 atom stereocenters. The van der Waals surface area contributed by atoms with Gasteiger partial charge in [0.2, 0.25) is 5.82 Å². The van der Waals surface area contributed by atoms with Crippen molar-refractivity contribution >= 4 is 28.9 Å². The van der Waals surface area contributed by atoms with Crippen LogP contribution in [0.25, 0.3) is 0 Å². The molecule has 7 heteroatoms. The Hall–Kier alpha value is -2.34. The van der Waals surface area contributed by atoms with Crippen LogP contribution in [0.1, 0.15) is 5.56 Å².